The number of amides is 1. The Balaban J connectivity index is 2.10. The summed E-state index contributed by atoms with van der Waals surface area (Å²) < 4.78 is 0. The summed E-state index contributed by atoms with van der Waals surface area (Å²) in [5.41, 5.74) is 9.33. The third kappa shape index (κ3) is 3.35. The van der Waals surface area contributed by atoms with Crippen LogP contribution in [0, 0.1) is 13.8 Å². The number of hydrogen-bond acceptors (Lipinski definition) is 2. The van der Waals surface area contributed by atoms with E-state index in [0.29, 0.717) is 6.42 Å². The first-order chi connectivity index (χ1) is 8.89. The number of anilines is 1. The highest BCUT2D eigenvalue weighted by Crippen LogP contribution is 2.31. The van der Waals surface area contributed by atoms with E-state index in [0.717, 1.165) is 31.4 Å². The Kier molecular flexibility index (Phi) is 3.95. The van der Waals surface area contributed by atoms with Crippen LogP contribution in [0.5, 0.6) is 0 Å². The second-order valence-corrected chi connectivity index (χ2v) is 6.04. The molecule has 104 valence electrons. The molecule has 0 aliphatic heterocycles. The first-order valence-corrected chi connectivity index (χ1v) is 7.03. The first kappa shape index (κ1) is 14.1. The maximum atomic E-state index is 12.4. The minimum Gasteiger partial charge on any atom is -0.325 e. The normalized spacial score (nSPS) is 17.5. The lowest BCUT2D eigenvalue weighted by Gasteiger charge is -2.26. The molecule has 1 saturated carbocycles. The van der Waals surface area contributed by atoms with Crippen LogP contribution in [-0.2, 0) is 4.79 Å². The predicted octanol–water partition coefficient (Wildman–Crippen LogP) is 2.93. The van der Waals surface area contributed by atoms with Crippen LogP contribution in [0.1, 0.15) is 43.2 Å². The van der Waals surface area contributed by atoms with E-state index >= 15 is 0 Å². The summed E-state index contributed by atoms with van der Waals surface area (Å²) in [6.07, 6.45) is 4.70. The van der Waals surface area contributed by atoms with Gasteiger partial charge in [-0.1, -0.05) is 18.9 Å². The van der Waals surface area contributed by atoms with Gasteiger partial charge in [-0.15, -0.1) is 0 Å². The second kappa shape index (κ2) is 5.33. The molecular formula is C16H24N2O. The molecule has 3 heteroatoms. The quantitative estimate of drug-likeness (QED) is 0.908. The molecule has 0 saturated heterocycles. The summed E-state index contributed by atoms with van der Waals surface area (Å²) in [4.78, 5) is 14.1. The number of benzene rings is 1. The number of rotatable bonds is 3. The minimum atomic E-state index is -0.274. The summed E-state index contributed by atoms with van der Waals surface area (Å²) >= 11 is 0. The Morgan fingerprint density at radius 3 is 2.26 bits per heavy atom. The molecule has 0 heterocycles. The van der Waals surface area contributed by atoms with Crippen molar-refractivity contribution < 1.29 is 4.79 Å². The summed E-state index contributed by atoms with van der Waals surface area (Å²) in [6.45, 7) is 4.10. The molecule has 3 nitrogen and oxygen atoms in total. The van der Waals surface area contributed by atoms with Crippen molar-refractivity contribution >= 4 is 11.6 Å². The molecule has 0 radical (unpaired) electrons. The standard InChI is InChI=1S/C16H24N2O/c1-12-8-13(2)10-14(9-12)18(3)15(19)11-16(17)6-4-5-7-16/h8-10H,4-7,11,17H2,1-3H3. The molecule has 0 unspecified atom stereocenters. The fourth-order valence-electron chi connectivity index (χ4n) is 2.96. The van der Waals surface area contributed by atoms with Gasteiger partial charge in [0.1, 0.15) is 0 Å². The molecular weight excluding hydrogens is 236 g/mol. The van der Waals surface area contributed by atoms with E-state index < -0.39 is 0 Å². The van der Waals surface area contributed by atoms with Gasteiger partial charge in [-0.05, 0) is 49.9 Å². The fraction of sp³-hybridized carbons (Fsp3) is 0.562. The highest BCUT2D eigenvalue weighted by atomic mass is 16.2. The molecule has 2 N–H and O–H groups in total. The minimum absolute atomic E-state index is 0.120. The second-order valence-electron chi connectivity index (χ2n) is 6.04. The van der Waals surface area contributed by atoms with Crippen LogP contribution in [0.25, 0.3) is 0 Å². The van der Waals surface area contributed by atoms with Crippen LogP contribution in [0.15, 0.2) is 18.2 Å². The Labute approximate surface area is 115 Å². The number of carbonyl (C=O) groups excluding carboxylic acids is 1. The molecule has 1 amide bonds. The largest absolute Gasteiger partial charge is 0.325 e. The van der Waals surface area contributed by atoms with Gasteiger partial charge in [-0.25, -0.2) is 0 Å². The van der Waals surface area contributed by atoms with Crippen molar-refractivity contribution in [1.29, 1.82) is 0 Å². The van der Waals surface area contributed by atoms with Gasteiger partial charge in [0.2, 0.25) is 5.91 Å². The van der Waals surface area contributed by atoms with E-state index in [1.54, 1.807) is 4.90 Å². The maximum Gasteiger partial charge on any atom is 0.228 e. The Morgan fingerprint density at radius 1 is 1.21 bits per heavy atom. The fourth-order valence-corrected chi connectivity index (χ4v) is 2.96. The zero-order valence-electron chi connectivity index (χ0n) is 12.2. The Hall–Kier alpha value is -1.35. The molecule has 1 aliphatic carbocycles. The zero-order chi connectivity index (χ0) is 14.0. The van der Waals surface area contributed by atoms with Crippen molar-refractivity contribution in [3.63, 3.8) is 0 Å². The highest BCUT2D eigenvalue weighted by Gasteiger charge is 2.32. The van der Waals surface area contributed by atoms with Crippen molar-refractivity contribution in [2.45, 2.75) is 51.5 Å². The Morgan fingerprint density at radius 2 is 1.74 bits per heavy atom. The number of aryl methyl sites for hydroxylation is 2. The maximum absolute atomic E-state index is 12.4. The molecule has 2 rings (SSSR count). The van der Waals surface area contributed by atoms with Gasteiger partial charge in [0.15, 0.2) is 0 Å². The molecule has 0 bridgehead atoms. The number of nitrogens with two attached hydrogens (primary N) is 1. The van der Waals surface area contributed by atoms with Crippen LogP contribution in [0.4, 0.5) is 5.69 Å². The molecule has 1 fully saturated rings. The van der Waals surface area contributed by atoms with Crippen molar-refractivity contribution in [2.24, 2.45) is 5.73 Å². The number of carbonyl (C=O) groups is 1. The van der Waals surface area contributed by atoms with E-state index in [4.69, 9.17) is 5.73 Å². The van der Waals surface area contributed by atoms with Crippen LogP contribution in [0.2, 0.25) is 0 Å². The Bertz CT molecular complexity index is 455. The van der Waals surface area contributed by atoms with E-state index in [9.17, 15) is 4.79 Å². The van der Waals surface area contributed by atoms with Crippen molar-refractivity contribution in [1.82, 2.24) is 0 Å². The van der Waals surface area contributed by atoms with Crippen LogP contribution >= 0.6 is 0 Å². The van der Waals surface area contributed by atoms with Crippen molar-refractivity contribution in [3.05, 3.63) is 29.3 Å². The summed E-state index contributed by atoms with van der Waals surface area (Å²) in [6, 6.07) is 6.20. The topological polar surface area (TPSA) is 46.3 Å². The lowest BCUT2D eigenvalue weighted by Crippen LogP contribution is -2.42. The molecule has 1 aromatic carbocycles. The van der Waals surface area contributed by atoms with E-state index in [1.807, 2.05) is 19.2 Å². The lowest BCUT2D eigenvalue weighted by molar-refractivity contribution is -0.119. The van der Waals surface area contributed by atoms with Crippen LogP contribution in [0.3, 0.4) is 0 Å². The van der Waals surface area contributed by atoms with E-state index in [2.05, 4.69) is 19.9 Å². The average molecular weight is 260 g/mol. The van der Waals surface area contributed by atoms with Gasteiger partial charge in [-0.3, -0.25) is 4.79 Å². The summed E-state index contributed by atoms with van der Waals surface area (Å²) in [5.74, 6) is 0.120. The summed E-state index contributed by atoms with van der Waals surface area (Å²) in [5, 5.41) is 0. The number of nitrogens with zero attached hydrogens (tertiary/aromatic N) is 1. The van der Waals surface area contributed by atoms with Gasteiger partial charge >= 0.3 is 0 Å². The van der Waals surface area contributed by atoms with Crippen LogP contribution < -0.4 is 10.6 Å². The van der Waals surface area contributed by atoms with Crippen LogP contribution in [-0.4, -0.2) is 18.5 Å². The van der Waals surface area contributed by atoms with Gasteiger partial charge < -0.3 is 10.6 Å². The van der Waals surface area contributed by atoms with Gasteiger partial charge in [0, 0.05) is 24.7 Å². The smallest absolute Gasteiger partial charge is 0.228 e. The third-order valence-corrected chi connectivity index (χ3v) is 4.07. The molecule has 0 spiro atoms. The SMILES string of the molecule is Cc1cc(C)cc(N(C)C(=O)CC2(N)CCCC2)c1. The highest BCUT2D eigenvalue weighted by molar-refractivity contribution is 5.93. The first-order valence-electron chi connectivity index (χ1n) is 7.03. The van der Waals surface area contributed by atoms with Crippen molar-refractivity contribution in [2.75, 3.05) is 11.9 Å². The van der Waals surface area contributed by atoms with Gasteiger partial charge in [0.25, 0.3) is 0 Å². The van der Waals surface area contributed by atoms with E-state index in [1.165, 1.54) is 11.1 Å². The van der Waals surface area contributed by atoms with E-state index in [-0.39, 0.29) is 11.4 Å². The molecule has 0 aromatic heterocycles. The van der Waals surface area contributed by atoms with Gasteiger partial charge in [-0.2, -0.15) is 0 Å². The molecule has 1 aromatic rings. The molecule has 0 atom stereocenters. The number of hydrogen-bond donors (Lipinski definition) is 1. The predicted molar refractivity (Wildman–Crippen MR) is 79.3 cm³/mol. The third-order valence-electron chi connectivity index (χ3n) is 4.07. The molecule has 1 aliphatic rings. The monoisotopic (exact) mass is 260 g/mol. The average Bonchev–Trinajstić information content (AvgIpc) is 2.73. The summed E-state index contributed by atoms with van der Waals surface area (Å²) in [7, 11) is 1.84. The molecule has 19 heavy (non-hydrogen) atoms. The zero-order valence-corrected chi connectivity index (χ0v) is 12.2. The van der Waals surface area contributed by atoms with Gasteiger partial charge in [0.05, 0.1) is 0 Å². The lowest BCUT2D eigenvalue weighted by atomic mass is 9.94. The van der Waals surface area contributed by atoms with Crippen molar-refractivity contribution in [3.8, 4) is 0 Å².